The van der Waals surface area contributed by atoms with Crippen LogP contribution in [-0.2, 0) is 4.79 Å². The molecule has 0 unspecified atom stereocenters. The summed E-state index contributed by atoms with van der Waals surface area (Å²) >= 11 is 4.71. The molecule has 1 aliphatic rings. The molecule has 1 heterocycles. The number of nitrogens with two attached hydrogens (primary N) is 1. The van der Waals surface area contributed by atoms with E-state index in [9.17, 15) is 4.79 Å². The lowest BCUT2D eigenvalue weighted by Gasteiger charge is -2.42. The largest absolute Gasteiger partial charge is 0.376 e. The van der Waals surface area contributed by atoms with Gasteiger partial charge < -0.3 is 15.5 Å². The summed E-state index contributed by atoms with van der Waals surface area (Å²) in [5, 5.41) is 0.366. The number of hydrogen-bond donors (Lipinski definition) is 1. The average molecular weight is 173 g/mol. The Kier molecular flexibility index (Phi) is 2.28. The smallest absolute Gasteiger partial charge is 0.225 e. The molecule has 1 saturated heterocycles. The van der Waals surface area contributed by atoms with Crippen LogP contribution < -0.4 is 5.73 Å². The lowest BCUT2D eigenvalue weighted by molar-refractivity contribution is -0.141. The number of thiocarbonyl (C=S) groups is 1. The van der Waals surface area contributed by atoms with Crippen molar-refractivity contribution in [3.63, 3.8) is 0 Å². The molecule has 1 amide bonds. The molecule has 1 aliphatic heterocycles. The standard InChI is InChI=1S/C6H11N3OS/c1-2-5(10)8-3-9(4-8)6(7)11/h2-4H2,1H3,(H2,7,11). The van der Waals surface area contributed by atoms with E-state index < -0.39 is 0 Å². The van der Waals surface area contributed by atoms with Crippen molar-refractivity contribution in [3.05, 3.63) is 0 Å². The van der Waals surface area contributed by atoms with E-state index in [0.717, 1.165) is 0 Å². The molecule has 0 aromatic carbocycles. The fraction of sp³-hybridized carbons (Fsp3) is 0.667. The minimum absolute atomic E-state index is 0.150. The SMILES string of the molecule is CCC(=O)N1CN(C(N)=S)C1. The topological polar surface area (TPSA) is 49.6 Å². The van der Waals surface area contributed by atoms with E-state index in [0.29, 0.717) is 24.9 Å². The Morgan fingerprint density at radius 1 is 1.55 bits per heavy atom. The molecule has 1 rings (SSSR count). The molecular weight excluding hydrogens is 162 g/mol. The molecule has 5 heteroatoms. The van der Waals surface area contributed by atoms with E-state index in [-0.39, 0.29) is 5.91 Å². The highest BCUT2D eigenvalue weighted by molar-refractivity contribution is 7.80. The van der Waals surface area contributed by atoms with Crippen molar-refractivity contribution in [1.82, 2.24) is 9.80 Å². The fourth-order valence-corrected chi connectivity index (χ4v) is 1.01. The van der Waals surface area contributed by atoms with Crippen molar-refractivity contribution in [2.24, 2.45) is 5.73 Å². The van der Waals surface area contributed by atoms with Gasteiger partial charge in [-0.25, -0.2) is 0 Å². The number of amides is 1. The van der Waals surface area contributed by atoms with E-state index in [4.69, 9.17) is 18.0 Å². The summed E-state index contributed by atoms with van der Waals surface area (Å²) in [5.41, 5.74) is 5.32. The quantitative estimate of drug-likeness (QED) is 0.553. The molecule has 62 valence electrons. The van der Waals surface area contributed by atoms with Crippen molar-refractivity contribution >= 4 is 23.2 Å². The highest BCUT2D eigenvalue weighted by Crippen LogP contribution is 2.09. The highest BCUT2D eigenvalue weighted by atomic mass is 32.1. The van der Waals surface area contributed by atoms with Gasteiger partial charge in [-0.15, -0.1) is 0 Å². The summed E-state index contributed by atoms with van der Waals surface area (Å²) in [6.07, 6.45) is 0.547. The van der Waals surface area contributed by atoms with Gasteiger partial charge in [0, 0.05) is 6.42 Å². The monoisotopic (exact) mass is 173 g/mol. The molecule has 0 spiro atoms. The van der Waals surface area contributed by atoms with Gasteiger partial charge in [-0.3, -0.25) is 4.79 Å². The van der Waals surface area contributed by atoms with Crippen LogP contribution in [0, 0.1) is 0 Å². The fourth-order valence-electron chi connectivity index (χ4n) is 0.891. The van der Waals surface area contributed by atoms with Crippen LogP contribution in [0.15, 0.2) is 0 Å². The second-order valence-corrected chi connectivity index (χ2v) is 2.87. The van der Waals surface area contributed by atoms with Crippen LogP contribution in [0.5, 0.6) is 0 Å². The van der Waals surface area contributed by atoms with Crippen molar-refractivity contribution in [3.8, 4) is 0 Å². The first-order valence-electron chi connectivity index (χ1n) is 3.47. The maximum Gasteiger partial charge on any atom is 0.225 e. The Bertz CT molecular complexity index is 188. The summed E-state index contributed by atoms with van der Waals surface area (Å²) in [6.45, 7) is 2.95. The Labute approximate surface area is 70.9 Å². The first kappa shape index (κ1) is 8.26. The molecule has 0 radical (unpaired) electrons. The predicted molar refractivity (Wildman–Crippen MR) is 45.5 cm³/mol. The van der Waals surface area contributed by atoms with Gasteiger partial charge in [-0.2, -0.15) is 0 Å². The normalized spacial score (nSPS) is 16.1. The third-order valence-corrected chi connectivity index (χ3v) is 1.91. The minimum atomic E-state index is 0.150. The van der Waals surface area contributed by atoms with Crippen LogP contribution in [0.25, 0.3) is 0 Å². The lowest BCUT2D eigenvalue weighted by atomic mass is 10.4. The van der Waals surface area contributed by atoms with Crippen LogP contribution in [-0.4, -0.2) is 34.2 Å². The van der Waals surface area contributed by atoms with Gasteiger partial charge in [0.25, 0.3) is 0 Å². The molecule has 4 nitrogen and oxygen atoms in total. The van der Waals surface area contributed by atoms with Crippen LogP contribution in [0.2, 0.25) is 0 Å². The third kappa shape index (κ3) is 1.59. The average Bonchev–Trinajstić information content (AvgIpc) is 1.83. The first-order valence-corrected chi connectivity index (χ1v) is 3.88. The highest BCUT2D eigenvalue weighted by Gasteiger charge is 2.27. The molecule has 0 bridgehead atoms. The van der Waals surface area contributed by atoms with Gasteiger partial charge in [0.1, 0.15) is 0 Å². The van der Waals surface area contributed by atoms with Gasteiger partial charge in [0.05, 0.1) is 13.3 Å². The third-order valence-electron chi connectivity index (χ3n) is 1.65. The minimum Gasteiger partial charge on any atom is -0.376 e. The molecule has 0 atom stereocenters. The second-order valence-electron chi connectivity index (χ2n) is 2.45. The number of rotatable bonds is 1. The number of nitrogens with zero attached hydrogens (tertiary/aromatic N) is 2. The molecular formula is C6H11N3OS. The zero-order valence-electron chi connectivity index (χ0n) is 6.41. The lowest BCUT2D eigenvalue weighted by Crippen LogP contribution is -2.60. The number of hydrogen-bond acceptors (Lipinski definition) is 2. The molecule has 2 N–H and O–H groups in total. The number of carbonyl (C=O) groups excluding carboxylic acids is 1. The van der Waals surface area contributed by atoms with E-state index in [1.807, 2.05) is 6.92 Å². The summed E-state index contributed by atoms with van der Waals surface area (Å²) in [7, 11) is 0. The van der Waals surface area contributed by atoms with Crippen LogP contribution >= 0.6 is 12.2 Å². The Morgan fingerprint density at radius 2 is 2.09 bits per heavy atom. The van der Waals surface area contributed by atoms with Crippen molar-refractivity contribution in [1.29, 1.82) is 0 Å². The molecule has 11 heavy (non-hydrogen) atoms. The Morgan fingerprint density at radius 3 is 2.45 bits per heavy atom. The van der Waals surface area contributed by atoms with Gasteiger partial charge >= 0.3 is 0 Å². The van der Waals surface area contributed by atoms with E-state index in [1.54, 1.807) is 9.80 Å². The van der Waals surface area contributed by atoms with Gasteiger partial charge in [0.15, 0.2) is 5.11 Å². The summed E-state index contributed by atoms with van der Waals surface area (Å²) in [4.78, 5) is 14.5. The Balaban J connectivity index is 2.29. The number of carbonyl (C=O) groups is 1. The summed E-state index contributed by atoms with van der Waals surface area (Å²) in [5.74, 6) is 0.150. The first-order chi connectivity index (χ1) is 5.15. The zero-order chi connectivity index (χ0) is 8.43. The van der Waals surface area contributed by atoms with Crippen molar-refractivity contribution in [2.75, 3.05) is 13.3 Å². The van der Waals surface area contributed by atoms with E-state index in [1.165, 1.54) is 0 Å². The van der Waals surface area contributed by atoms with Crippen LogP contribution in [0.3, 0.4) is 0 Å². The molecule has 0 saturated carbocycles. The van der Waals surface area contributed by atoms with Gasteiger partial charge in [-0.05, 0) is 12.2 Å². The van der Waals surface area contributed by atoms with Gasteiger partial charge in [-0.1, -0.05) is 6.92 Å². The molecule has 1 fully saturated rings. The maximum absolute atomic E-state index is 11.0. The van der Waals surface area contributed by atoms with E-state index >= 15 is 0 Å². The predicted octanol–water partition coefficient (Wildman–Crippen LogP) is -0.301. The van der Waals surface area contributed by atoms with Crippen LogP contribution in [0.4, 0.5) is 0 Å². The summed E-state index contributed by atoms with van der Waals surface area (Å²) in [6, 6.07) is 0. The Hall–Kier alpha value is -0.840. The maximum atomic E-state index is 11.0. The second kappa shape index (κ2) is 3.04. The molecule has 0 aliphatic carbocycles. The van der Waals surface area contributed by atoms with Crippen LogP contribution in [0.1, 0.15) is 13.3 Å². The summed E-state index contributed by atoms with van der Waals surface area (Å²) < 4.78 is 0. The van der Waals surface area contributed by atoms with E-state index in [2.05, 4.69) is 0 Å². The molecule has 0 aromatic rings. The van der Waals surface area contributed by atoms with Crippen molar-refractivity contribution in [2.45, 2.75) is 13.3 Å². The van der Waals surface area contributed by atoms with Crippen molar-refractivity contribution < 1.29 is 4.79 Å². The zero-order valence-corrected chi connectivity index (χ0v) is 7.23. The van der Waals surface area contributed by atoms with Gasteiger partial charge in [0.2, 0.25) is 5.91 Å². The molecule has 0 aromatic heterocycles.